The highest BCUT2D eigenvalue weighted by Gasteiger charge is 2.27. The molecule has 0 amide bonds. The molecule has 2 N–H and O–H groups in total. The number of aryl methyl sites for hydroxylation is 2. The van der Waals surface area contributed by atoms with Gasteiger partial charge in [0.25, 0.3) is 0 Å². The predicted molar refractivity (Wildman–Crippen MR) is 144 cm³/mol. The summed E-state index contributed by atoms with van der Waals surface area (Å²) in [4.78, 5) is 15.7. The van der Waals surface area contributed by atoms with Crippen molar-refractivity contribution in [3.8, 4) is 17.2 Å². The SMILES string of the molecule is [2H]C([2H])(CCF)N1CC(Nc2ccc(Oc3c(C(=O)c4c(C)cc(F)cc4C)sc4cc(O)ccc34)cc2)C1. The Balaban J connectivity index is 1.37. The van der Waals surface area contributed by atoms with Crippen LogP contribution in [0.2, 0.25) is 0 Å². The second kappa shape index (κ2) is 10.5. The molecule has 192 valence electrons. The molecular formula is C29H28F2N2O3S. The third-order valence-electron chi connectivity index (χ3n) is 6.32. The van der Waals surface area contributed by atoms with Gasteiger partial charge in [-0.05, 0) is 86.0 Å². The van der Waals surface area contributed by atoms with Crippen molar-refractivity contribution in [2.45, 2.75) is 26.3 Å². The van der Waals surface area contributed by atoms with E-state index in [1.165, 1.54) is 29.5 Å². The minimum atomic E-state index is -1.65. The number of rotatable bonds is 9. The third kappa shape index (κ3) is 5.31. The molecule has 5 rings (SSSR count). The summed E-state index contributed by atoms with van der Waals surface area (Å²) in [5.41, 5.74) is 2.31. The molecule has 0 spiro atoms. The fourth-order valence-corrected chi connectivity index (χ4v) is 5.68. The van der Waals surface area contributed by atoms with Crippen LogP contribution in [-0.2, 0) is 0 Å². The number of halogens is 2. The zero-order chi connectivity index (χ0) is 27.9. The van der Waals surface area contributed by atoms with E-state index in [9.17, 15) is 18.7 Å². The number of nitrogens with zero attached hydrogens (tertiary/aromatic N) is 1. The molecule has 2 heterocycles. The molecule has 37 heavy (non-hydrogen) atoms. The van der Waals surface area contributed by atoms with Gasteiger partial charge < -0.3 is 15.2 Å². The topological polar surface area (TPSA) is 61.8 Å². The number of alkyl halides is 1. The van der Waals surface area contributed by atoms with E-state index in [-0.39, 0.29) is 24.0 Å². The first kappa shape index (κ1) is 22.7. The quantitative estimate of drug-likeness (QED) is 0.235. The van der Waals surface area contributed by atoms with E-state index >= 15 is 0 Å². The molecular weight excluding hydrogens is 494 g/mol. The van der Waals surface area contributed by atoms with Crippen LogP contribution in [0.25, 0.3) is 10.1 Å². The zero-order valence-corrected chi connectivity index (χ0v) is 21.3. The monoisotopic (exact) mass is 524 g/mol. The lowest BCUT2D eigenvalue weighted by atomic mass is 9.97. The van der Waals surface area contributed by atoms with Crippen molar-refractivity contribution in [3.63, 3.8) is 0 Å². The van der Waals surface area contributed by atoms with Crippen LogP contribution in [0.3, 0.4) is 0 Å². The van der Waals surface area contributed by atoms with Crippen LogP contribution < -0.4 is 10.1 Å². The van der Waals surface area contributed by atoms with Gasteiger partial charge in [-0.3, -0.25) is 14.1 Å². The van der Waals surface area contributed by atoms with Gasteiger partial charge in [0.1, 0.15) is 22.2 Å². The molecule has 5 nitrogen and oxygen atoms in total. The molecule has 1 aromatic heterocycles. The molecule has 1 aliphatic rings. The van der Waals surface area contributed by atoms with Crippen LogP contribution in [-0.4, -0.2) is 48.1 Å². The number of nitrogens with one attached hydrogen (secondary N) is 1. The summed E-state index contributed by atoms with van der Waals surface area (Å²) < 4.78 is 49.3. The molecule has 8 heteroatoms. The highest BCUT2D eigenvalue weighted by atomic mass is 32.1. The van der Waals surface area contributed by atoms with Crippen molar-refractivity contribution < 1.29 is 26.2 Å². The van der Waals surface area contributed by atoms with Gasteiger partial charge in [0.2, 0.25) is 5.78 Å². The van der Waals surface area contributed by atoms with E-state index in [1.807, 2.05) is 12.1 Å². The van der Waals surface area contributed by atoms with Crippen LogP contribution in [0, 0.1) is 19.7 Å². The van der Waals surface area contributed by atoms with Crippen molar-refractivity contribution in [1.29, 1.82) is 0 Å². The Morgan fingerprint density at radius 1 is 1.16 bits per heavy atom. The number of phenols is 1. The first-order chi connectivity index (χ1) is 18.6. The Morgan fingerprint density at radius 2 is 1.86 bits per heavy atom. The molecule has 0 radical (unpaired) electrons. The standard InChI is InChI=1S/C29H28F2N2O3S/c1-17-12-19(31)13-18(2)26(17)27(35)29-28(24-9-6-22(34)14-25(24)37-29)36-23-7-4-20(5-8-23)32-21-15-33(16-21)11-3-10-30/h4-9,12-14,21,32,34H,3,10-11,15-16H2,1-2H3/i11D2. The summed E-state index contributed by atoms with van der Waals surface area (Å²) in [7, 11) is 0. The number of carbonyl (C=O) groups is 1. The molecule has 4 aromatic rings. The average Bonchev–Trinajstić information content (AvgIpc) is 3.18. The first-order valence-corrected chi connectivity index (χ1v) is 12.8. The molecule has 3 aromatic carbocycles. The van der Waals surface area contributed by atoms with Crippen molar-refractivity contribution in [3.05, 3.63) is 82.0 Å². The molecule has 1 fully saturated rings. The number of ether oxygens (including phenoxy) is 1. The number of aromatic hydroxyl groups is 1. The number of anilines is 1. The molecule has 0 atom stereocenters. The highest BCUT2D eigenvalue weighted by Crippen LogP contribution is 2.43. The van der Waals surface area contributed by atoms with Gasteiger partial charge in [0, 0.05) is 43.7 Å². The third-order valence-corrected chi connectivity index (χ3v) is 7.45. The number of hydrogen-bond acceptors (Lipinski definition) is 6. The lowest BCUT2D eigenvalue weighted by Gasteiger charge is -2.40. The number of carbonyl (C=O) groups excluding carboxylic acids is 1. The highest BCUT2D eigenvalue weighted by molar-refractivity contribution is 7.21. The summed E-state index contributed by atoms with van der Waals surface area (Å²) in [5.74, 6) is 0.270. The van der Waals surface area contributed by atoms with Crippen molar-refractivity contribution >= 4 is 32.9 Å². The van der Waals surface area contributed by atoms with Gasteiger partial charge in [0.05, 0.1) is 12.7 Å². The Kier molecular flexibility index (Phi) is 6.42. The largest absolute Gasteiger partial charge is 0.508 e. The summed E-state index contributed by atoms with van der Waals surface area (Å²) >= 11 is 1.21. The van der Waals surface area contributed by atoms with E-state index in [4.69, 9.17) is 7.48 Å². The number of benzene rings is 3. The van der Waals surface area contributed by atoms with Gasteiger partial charge in [-0.1, -0.05) is 0 Å². The molecule has 0 unspecified atom stereocenters. The number of hydrogen-bond donors (Lipinski definition) is 2. The Morgan fingerprint density at radius 3 is 2.54 bits per heavy atom. The smallest absolute Gasteiger partial charge is 0.207 e. The van der Waals surface area contributed by atoms with Crippen LogP contribution >= 0.6 is 11.3 Å². The van der Waals surface area contributed by atoms with Crippen LogP contribution in [0.4, 0.5) is 14.5 Å². The van der Waals surface area contributed by atoms with Gasteiger partial charge in [-0.2, -0.15) is 0 Å². The molecule has 0 saturated carbocycles. The van der Waals surface area contributed by atoms with Gasteiger partial charge in [-0.15, -0.1) is 11.3 Å². The minimum Gasteiger partial charge on any atom is -0.508 e. The van der Waals surface area contributed by atoms with Crippen molar-refractivity contribution in [1.82, 2.24) is 4.90 Å². The lowest BCUT2D eigenvalue weighted by molar-refractivity contribution is 0.103. The second-order valence-corrected chi connectivity index (χ2v) is 10.2. The predicted octanol–water partition coefficient (Wildman–Crippen LogP) is 6.84. The van der Waals surface area contributed by atoms with Crippen LogP contribution in [0.15, 0.2) is 54.6 Å². The number of thiophene rings is 1. The maximum absolute atomic E-state index is 13.9. The van der Waals surface area contributed by atoms with Crippen LogP contribution in [0.5, 0.6) is 17.2 Å². The summed E-state index contributed by atoms with van der Waals surface area (Å²) in [5, 5.41) is 14.0. The molecule has 0 bridgehead atoms. The van der Waals surface area contributed by atoms with Gasteiger partial charge in [0.15, 0.2) is 5.75 Å². The minimum absolute atomic E-state index is 0.0476. The van der Waals surface area contributed by atoms with Crippen molar-refractivity contribution in [2.75, 3.05) is 31.6 Å². The van der Waals surface area contributed by atoms with E-state index in [0.29, 0.717) is 56.2 Å². The van der Waals surface area contributed by atoms with E-state index in [2.05, 4.69) is 5.32 Å². The Hall–Kier alpha value is -3.49. The lowest BCUT2D eigenvalue weighted by Crippen LogP contribution is -2.54. The molecule has 0 aliphatic carbocycles. The summed E-state index contributed by atoms with van der Waals surface area (Å²) in [6, 6.07) is 14.8. The zero-order valence-electron chi connectivity index (χ0n) is 22.5. The first-order valence-electron chi connectivity index (χ1n) is 13.0. The summed E-state index contributed by atoms with van der Waals surface area (Å²) in [6.45, 7) is 2.01. The number of fused-ring (bicyclic) bond motifs is 1. The fourth-order valence-electron chi connectivity index (χ4n) is 4.57. The Bertz CT molecular complexity index is 1510. The fraction of sp³-hybridized carbons (Fsp3) is 0.276. The van der Waals surface area contributed by atoms with E-state index in [1.54, 1.807) is 43.0 Å². The second-order valence-electron chi connectivity index (χ2n) is 9.15. The maximum atomic E-state index is 13.9. The average molecular weight is 525 g/mol. The summed E-state index contributed by atoms with van der Waals surface area (Å²) in [6.07, 6.45) is -0.145. The Labute approximate surface area is 221 Å². The van der Waals surface area contributed by atoms with Gasteiger partial charge >= 0.3 is 0 Å². The molecule has 1 aliphatic heterocycles. The number of likely N-dealkylation sites (tertiary alicyclic amines) is 1. The normalized spacial score (nSPS) is 15.2. The maximum Gasteiger partial charge on any atom is 0.207 e. The van der Waals surface area contributed by atoms with Crippen LogP contribution in [0.1, 0.15) is 35.5 Å². The molecule has 1 saturated heterocycles. The van der Waals surface area contributed by atoms with E-state index < -0.39 is 19.0 Å². The van der Waals surface area contributed by atoms with Crippen molar-refractivity contribution in [2.24, 2.45) is 0 Å². The number of phenolic OH excluding ortho intramolecular Hbond substituents is 1. The number of ketones is 1. The van der Waals surface area contributed by atoms with E-state index in [0.717, 1.165) is 5.69 Å². The van der Waals surface area contributed by atoms with Gasteiger partial charge in [-0.25, -0.2) is 4.39 Å².